The summed E-state index contributed by atoms with van der Waals surface area (Å²) in [6.07, 6.45) is -0.408. The van der Waals surface area contributed by atoms with Crippen molar-refractivity contribution < 1.29 is 36.6 Å². The van der Waals surface area contributed by atoms with Crippen molar-refractivity contribution in [2.75, 3.05) is 13.2 Å². The van der Waals surface area contributed by atoms with Gasteiger partial charge >= 0.3 is 12.1 Å². The summed E-state index contributed by atoms with van der Waals surface area (Å²) in [6, 6.07) is 2.50. The summed E-state index contributed by atoms with van der Waals surface area (Å²) >= 11 is 0. The first-order chi connectivity index (χ1) is 21.4. The van der Waals surface area contributed by atoms with Gasteiger partial charge in [0.05, 0.1) is 28.7 Å². The minimum absolute atomic E-state index is 0.0495. The van der Waals surface area contributed by atoms with Crippen molar-refractivity contribution in [3.63, 3.8) is 0 Å². The SMILES string of the molecule is CC(=O)O[C@@H]1c2nc(C(C)C)c3c(c2C(O[Si](C)(C)C(C)(C)C)CC12CCC2)C1(CCOCC1)O[C@@H]3c1ccc(C(F)(F)F)cn1. The lowest BCUT2D eigenvalue weighted by Crippen LogP contribution is -2.49. The van der Waals surface area contributed by atoms with E-state index in [2.05, 4.69) is 52.7 Å². The molecule has 2 spiro atoms. The summed E-state index contributed by atoms with van der Waals surface area (Å²) < 4.78 is 67.0. The molecule has 4 aliphatic rings. The molecule has 0 radical (unpaired) electrons. The number of hydrogen-bond acceptors (Lipinski definition) is 7. The Morgan fingerprint density at radius 3 is 2.24 bits per heavy atom. The Morgan fingerprint density at radius 2 is 1.74 bits per heavy atom. The van der Waals surface area contributed by atoms with Gasteiger partial charge in [-0.05, 0) is 61.0 Å². The van der Waals surface area contributed by atoms with Crippen molar-refractivity contribution in [3.05, 3.63) is 57.7 Å². The summed E-state index contributed by atoms with van der Waals surface area (Å²) in [4.78, 5) is 22.4. The van der Waals surface area contributed by atoms with Crippen LogP contribution in [0.5, 0.6) is 0 Å². The average molecular weight is 661 g/mol. The van der Waals surface area contributed by atoms with Gasteiger partial charge < -0.3 is 18.6 Å². The van der Waals surface area contributed by atoms with E-state index in [4.69, 9.17) is 23.6 Å². The molecule has 2 aromatic rings. The molecular weight excluding hydrogens is 613 g/mol. The zero-order valence-corrected chi connectivity index (χ0v) is 29.3. The van der Waals surface area contributed by atoms with Crippen molar-refractivity contribution in [2.45, 2.75) is 134 Å². The average Bonchev–Trinajstić information content (AvgIpc) is 3.25. The zero-order valence-electron chi connectivity index (χ0n) is 28.3. The molecule has 7 nitrogen and oxygen atoms in total. The minimum atomic E-state index is -4.50. The number of fused-ring (bicyclic) bond motifs is 4. The van der Waals surface area contributed by atoms with Crippen LogP contribution in [-0.2, 0) is 35.2 Å². The number of pyridine rings is 2. The van der Waals surface area contributed by atoms with Gasteiger partial charge in [-0.15, -0.1) is 0 Å². The van der Waals surface area contributed by atoms with Crippen LogP contribution >= 0.6 is 0 Å². The quantitative estimate of drug-likeness (QED) is 0.234. The zero-order chi connectivity index (χ0) is 33.4. The maximum absolute atomic E-state index is 13.5. The molecule has 252 valence electrons. The first-order valence-electron chi connectivity index (χ1n) is 16.6. The van der Waals surface area contributed by atoms with Crippen molar-refractivity contribution >= 4 is 14.3 Å². The Kier molecular flexibility index (Phi) is 8.30. The summed E-state index contributed by atoms with van der Waals surface area (Å²) in [6.45, 7) is 17.7. The van der Waals surface area contributed by atoms with E-state index in [0.29, 0.717) is 38.2 Å². The second-order valence-corrected chi connectivity index (χ2v) is 20.3. The van der Waals surface area contributed by atoms with E-state index in [0.717, 1.165) is 59.6 Å². The number of carbonyl (C=O) groups excluding carboxylic acids is 1. The highest BCUT2D eigenvalue weighted by atomic mass is 28.4. The summed E-state index contributed by atoms with van der Waals surface area (Å²) in [5.41, 5.74) is 2.89. The molecule has 0 bridgehead atoms. The maximum atomic E-state index is 13.5. The van der Waals surface area contributed by atoms with E-state index in [9.17, 15) is 18.0 Å². The predicted octanol–water partition coefficient (Wildman–Crippen LogP) is 8.99. The van der Waals surface area contributed by atoms with Gasteiger partial charge in [0, 0.05) is 61.4 Å². The van der Waals surface area contributed by atoms with E-state index in [1.165, 1.54) is 13.0 Å². The fraction of sp³-hybridized carbons (Fsp3) is 0.686. The highest BCUT2D eigenvalue weighted by molar-refractivity contribution is 6.74. The Morgan fingerprint density at radius 1 is 1.07 bits per heavy atom. The van der Waals surface area contributed by atoms with Crippen LogP contribution in [0.2, 0.25) is 18.1 Å². The van der Waals surface area contributed by atoms with Crippen LogP contribution in [0.3, 0.4) is 0 Å². The molecule has 6 rings (SSSR count). The fourth-order valence-electron chi connectivity index (χ4n) is 7.67. The number of aromatic nitrogens is 2. The molecule has 4 heterocycles. The number of halogens is 3. The molecule has 2 fully saturated rings. The Hall–Kier alpha value is -2.34. The molecule has 1 saturated carbocycles. The van der Waals surface area contributed by atoms with Gasteiger partial charge in [-0.1, -0.05) is 41.0 Å². The van der Waals surface area contributed by atoms with Gasteiger partial charge in [0.25, 0.3) is 0 Å². The first kappa shape index (κ1) is 33.6. The number of carbonyl (C=O) groups is 1. The molecule has 2 aliphatic carbocycles. The second kappa shape index (κ2) is 11.4. The smallest absolute Gasteiger partial charge is 0.417 e. The molecule has 2 aliphatic heterocycles. The van der Waals surface area contributed by atoms with E-state index < -0.39 is 37.9 Å². The van der Waals surface area contributed by atoms with E-state index in [-0.39, 0.29) is 28.4 Å². The van der Waals surface area contributed by atoms with Gasteiger partial charge in [0.2, 0.25) is 0 Å². The lowest BCUT2D eigenvalue weighted by atomic mass is 9.57. The first-order valence-corrected chi connectivity index (χ1v) is 19.5. The summed E-state index contributed by atoms with van der Waals surface area (Å²) in [7, 11) is -2.32. The molecule has 11 heteroatoms. The molecule has 2 aromatic heterocycles. The third-order valence-electron chi connectivity index (χ3n) is 11.2. The lowest BCUT2D eigenvalue weighted by Gasteiger charge is -2.54. The van der Waals surface area contributed by atoms with E-state index >= 15 is 0 Å². The van der Waals surface area contributed by atoms with E-state index in [1.54, 1.807) is 0 Å². The number of esters is 1. The van der Waals surface area contributed by atoms with Crippen molar-refractivity contribution in [3.8, 4) is 0 Å². The third-order valence-corrected chi connectivity index (χ3v) is 15.7. The molecular formula is C35H47F3N2O5Si. The van der Waals surface area contributed by atoms with Crippen LogP contribution in [0.15, 0.2) is 18.3 Å². The number of hydrogen-bond donors (Lipinski definition) is 0. The number of alkyl halides is 3. The molecule has 1 saturated heterocycles. The number of ether oxygens (including phenoxy) is 3. The molecule has 1 unspecified atom stereocenters. The monoisotopic (exact) mass is 660 g/mol. The topological polar surface area (TPSA) is 79.8 Å². The van der Waals surface area contributed by atoms with Crippen LogP contribution in [-0.4, -0.2) is 37.5 Å². The molecule has 0 N–H and O–H groups in total. The Balaban J connectivity index is 1.64. The Bertz CT molecular complexity index is 1490. The predicted molar refractivity (Wildman–Crippen MR) is 169 cm³/mol. The van der Waals surface area contributed by atoms with Crippen molar-refractivity contribution in [1.82, 2.24) is 9.97 Å². The van der Waals surface area contributed by atoms with Crippen LogP contribution in [0.4, 0.5) is 13.2 Å². The maximum Gasteiger partial charge on any atom is 0.417 e. The fourth-order valence-corrected chi connectivity index (χ4v) is 8.93. The van der Waals surface area contributed by atoms with Crippen LogP contribution in [0, 0.1) is 5.41 Å². The number of rotatable bonds is 5. The lowest BCUT2D eigenvalue weighted by molar-refractivity contribution is -0.167. The van der Waals surface area contributed by atoms with Gasteiger partial charge in [0.1, 0.15) is 12.2 Å². The second-order valence-electron chi connectivity index (χ2n) is 15.6. The van der Waals surface area contributed by atoms with Crippen LogP contribution < -0.4 is 0 Å². The molecule has 0 amide bonds. The number of nitrogens with zero attached hydrogens (tertiary/aromatic N) is 2. The Labute approximate surface area is 271 Å². The van der Waals surface area contributed by atoms with Gasteiger partial charge in [-0.2, -0.15) is 13.2 Å². The molecule has 0 aromatic carbocycles. The third kappa shape index (κ3) is 5.52. The standard InChI is InChI=1S/C35H47F3N2O5Si/c1-20(2)28-26-27(34(14-16-42-17-15-34)44-30(26)23-11-10-22(19-39-23)35(36,37)38)25-24(45-46(7,8)32(4,5)6)18-33(12-9-13-33)31(29(25)40-28)43-21(3)41/h10-11,19-20,24,30-31H,9,12-18H2,1-8H3/t24?,30-,31-/m1/s1. The molecule has 46 heavy (non-hydrogen) atoms. The minimum Gasteiger partial charge on any atom is -0.455 e. The highest BCUT2D eigenvalue weighted by Crippen LogP contribution is 2.65. The van der Waals surface area contributed by atoms with Crippen LogP contribution in [0.1, 0.15) is 144 Å². The van der Waals surface area contributed by atoms with Gasteiger partial charge in [-0.25, -0.2) is 0 Å². The van der Waals surface area contributed by atoms with Crippen LogP contribution in [0.25, 0.3) is 0 Å². The summed E-state index contributed by atoms with van der Waals surface area (Å²) in [5, 5.41) is -0.0549. The highest BCUT2D eigenvalue weighted by Gasteiger charge is 2.59. The van der Waals surface area contributed by atoms with Gasteiger partial charge in [-0.3, -0.25) is 14.8 Å². The van der Waals surface area contributed by atoms with Gasteiger partial charge in [0.15, 0.2) is 8.32 Å². The largest absolute Gasteiger partial charge is 0.455 e. The van der Waals surface area contributed by atoms with Crippen molar-refractivity contribution in [1.29, 1.82) is 0 Å². The molecule has 3 atom stereocenters. The summed E-state index contributed by atoms with van der Waals surface area (Å²) in [5.74, 6) is -0.394. The van der Waals surface area contributed by atoms with Crippen molar-refractivity contribution in [2.24, 2.45) is 5.41 Å². The van der Waals surface area contributed by atoms with E-state index in [1.807, 2.05) is 0 Å². The normalized spacial score (nSPS) is 25.3.